The molecule has 0 amide bonds. The molecule has 0 atom stereocenters. The first-order chi connectivity index (χ1) is 8.50. The summed E-state index contributed by atoms with van der Waals surface area (Å²) in [5.74, 6) is -0.0834. The zero-order valence-electron chi connectivity index (χ0n) is 10.9. The molecule has 1 heterocycles. The minimum absolute atomic E-state index is 0.633. The Morgan fingerprint density at radius 2 is 2.22 bits per heavy atom. The van der Waals surface area contributed by atoms with Crippen LogP contribution in [0, 0.1) is 5.92 Å². The van der Waals surface area contributed by atoms with Gasteiger partial charge in [-0.05, 0) is 32.6 Å². The smallest absolute Gasteiger partial charge is 0.315 e. The lowest BCUT2D eigenvalue weighted by Gasteiger charge is -2.15. The van der Waals surface area contributed by atoms with Crippen molar-refractivity contribution < 1.29 is 9.90 Å². The van der Waals surface area contributed by atoms with E-state index in [2.05, 4.69) is 10.3 Å². The predicted molar refractivity (Wildman–Crippen MR) is 73.2 cm³/mol. The van der Waals surface area contributed by atoms with E-state index in [1.54, 1.807) is 13.8 Å². The van der Waals surface area contributed by atoms with Gasteiger partial charge < -0.3 is 10.4 Å². The number of anilines is 1. The molecule has 0 aromatic carbocycles. The maximum atomic E-state index is 11.1. The Morgan fingerprint density at radius 3 is 2.83 bits per heavy atom. The standard InChI is InChI=1S/C13H20N2O2S/c1-13(2,11(16)17)10-8-18-12(15-10)14-7-9-5-3-4-6-9/h8-9H,3-7H2,1-2H3,(H,14,15)(H,16,17). The molecule has 0 saturated heterocycles. The molecule has 2 N–H and O–H groups in total. The van der Waals surface area contributed by atoms with Crippen molar-refractivity contribution >= 4 is 22.4 Å². The number of carboxylic acid groups (broad SMARTS) is 1. The second-order valence-corrected chi connectivity index (χ2v) is 6.36. The average Bonchev–Trinajstić information content (AvgIpc) is 2.97. The van der Waals surface area contributed by atoms with Crippen LogP contribution >= 0.6 is 11.3 Å². The van der Waals surface area contributed by atoms with E-state index in [0.29, 0.717) is 5.69 Å². The van der Waals surface area contributed by atoms with Gasteiger partial charge in [0.15, 0.2) is 5.13 Å². The number of carbonyl (C=O) groups is 1. The average molecular weight is 268 g/mol. The van der Waals surface area contributed by atoms with E-state index < -0.39 is 11.4 Å². The first-order valence-electron chi connectivity index (χ1n) is 6.43. The van der Waals surface area contributed by atoms with E-state index in [1.165, 1.54) is 37.0 Å². The third-order valence-corrected chi connectivity index (χ3v) is 4.50. The van der Waals surface area contributed by atoms with Crippen LogP contribution in [-0.2, 0) is 10.2 Å². The van der Waals surface area contributed by atoms with Gasteiger partial charge in [-0.25, -0.2) is 4.98 Å². The number of nitrogens with one attached hydrogen (secondary N) is 1. The summed E-state index contributed by atoms with van der Waals surface area (Å²) in [5, 5.41) is 15.2. The Hall–Kier alpha value is -1.10. The molecule has 0 aliphatic heterocycles. The summed E-state index contributed by atoms with van der Waals surface area (Å²) >= 11 is 1.49. The van der Waals surface area contributed by atoms with Crippen LogP contribution < -0.4 is 5.32 Å². The number of hydrogen-bond donors (Lipinski definition) is 2. The van der Waals surface area contributed by atoms with Gasteiger partial charge in [-0.3, -0.25) is 4.79 Å². The fourth-order valence-corrected chi connectivity index (χ4v) is 3.09. The fourth-order valence-electron chi connectivity index (χ4n) is 2.20. The van der Waals surface area contributed by atoms with Gasteiger partial charge in [0.05, 0.1) is 5.69 Å². The molecular formula is C13H20N2O2S. The number of carboxylic acids is 1. The number of nitrogens with zero attached hydrogens (tertiary/aromatic N) is 1. The molecule has 1 aliphatic rings. The molecule has 4 nitrogen and oxygen atoms in total. The molecule has 1 fully saturated rings. The van der Waals surface area contributed by atoms with Gasteiger partial charge in [0.25, 0.3) is 0 Å². The van der Waals surface area contributed by atoms with Crippen LogP contribution in [0.1, 0.15) is 45.2 Å². The predicted octanol–water partition coefficient (Wildman–Crippen LogP) is 3.11. The number of hydrogen-bond acceptors (Lipinski definition) is 4. The van der Waals surface area contributed by atoms with Crippen molar-refractivity contribution in [2.75, 3.05) is 11.9 Å². The lowest BCUT2D eigenvalue weighted by molar-refractivity contribution is -0.142. The molecule has 2 rings (SSSR count). The molecule has 0 spiro atoms. The minimum Gasteiger partial charge on any atom is -0.481 e. The van der Waals surface area contributed by atoms with E-state index in [1.807, 2.05) is 5.38 Å². The third kappa shape index (κ3) is 2.83. The van der Waals surface area contributed by atoms with E-state index in [-0.39, 0.29) is 0 Å². The quantitative estimate of drug-likeness (QED) is 0.861. The molecule has 0 bridgehead atoms. The third-order valence-electron chi connectivity index (χ3n) is 3.70. The molecular weight excluding hydrogens is 248 g/mol. The number of thiazole rings is 1. The largest absolute Gasteiger partial charge is 0.481 e. The second kappa shape index (κ2) is 5.26. The van der Waals surface area contributed by atoms with Crippen LogP contribution in [0.4, 0.5) is 5.13 Å². The van der Waals surface area contributed by atoms with Crippen LogP contribution in [0.5, 0.6) is 0 Å². The van der Waals surface area contributed by atoms with Crippen molar-refractivity contribution in [3.63, 3.8) is 0 Å². The Bertz CT molecular complexity index is 422. The number of rotatable bonds is 5. The van der Waals surface area contributed by atoms with Crippen molar-refractivity contribution in [2.24, 2.45) is 5.92 Å². The Balaban J connectivity index is 1.95. The van der Waals surface area contributed by atoms with Gasteiger partial charge in [-0.2, -0.15) is 0 Å². The second-order valence-electron chi connectivity index (χ2n) is 5.50. The van der Waals surface area contributed by atoms with Gasteiger partial charge in [0.1, 0.15) is 5.41 Å². The Kier molecular flexibility index (Phi) is 3.90. The van der Waals surface area contributed by atoms with Gasteiger partial charge in [0, 0.05) is 11.9 Å². The maximum absolute atomic E-state index is 11.1. The number of aliphatic carboxylic acids is 1. The summed E-state index contributed by atoms with van der Waals surface area (Å²) in [5.41, 5.74) is -0.280. The summed E-state index contributed by atoms with van der Waals surface area (Å²) in [6.45, 7) is 4.33. The van der Waals surface area contributed by atoms with Crippen LogP contribution in [0.15, 0.2) is 5.38 Å². The fraction of sp³-hybridized carbons (Fsp3) is 0.692. The normalized spacial score (nSPS) is 17.0. The van der Waals surface area contributed by atoms with Crippen LogP contribution in [0.3, 0.4) is 0 Å². The highest BCUT2D eigenvalue weighted by atomic mass is 32.1. The SMILES string of the molecule is CC(C)(C(=O)O)c1csc(NCC2CCCC2)n1. The highest BCUT2D eigenvalue weighted by molar-refractivity contribution is 7.13. The molecule has 18 heavy (non-hydrogen) atoms. The van der Waals surface area contributed by atoms with Crippen LogP contribution in [0.2, 0.25) is 0 Å². The highest BCUT2D eigenvalue weighted by Crippen LogP contribution is 2.29. The minimum atomic E-state index is -0.913. The van der Waals surface area contributed by atoms with Gasteiger partial charge in [-0.15, -0.1) is 11.3 Å². The van der Waals surface area contributed by atoms with Crippen molar-refractivity contribution in [1.29, 1.82) is 0 Å². The molecule has 5 heteroatoms. The van der Waals surface area contributed by atoms with Crippen molar-refractivity contribution in [3.8, 4) is 0 Å². The zero-order valence-corrected chi connectivity index (χ0v) is 11.7. The summed E-state index contributed by atoms with van der Waals surface area (Å²) in [4.78, 5) is 15.5. The lowest BCUT2D eigenvalue weighted by Crippen LogP contribution is -2.28. The molecule has 1 aliphatic carbocycles. The molecule has 1 aromatic rings. The summed E-state index contributed by atoms with van der Waals surface area (Å²) in [6.07, 6.45) is 5.26. The van der Waals surface area contributed by atoms with Gasteiger partial charge in [0.2, 0.25) is 0 Å². The van der Waals surface area contributed by atoms with E-state index in [9.17, 15) is 4.79 Å². The monoisotopic (exact) mass is 268 g/mol. The maximum Gasteiger partial charge on any atom is 0.315 e. The first kappa shape index (κ1) is 13.3. The summed E-state index contributed by atoms with van der Waals surface area (Å²) in [6, 6.07) is 0. The summed E-state index contributed by atoms with van der Waals surface area (Å²) in [7, 11) is 0. The summed E-state index contributed by atoms with van der Waals surface area (Å²) < 4.78 is 0. The van der Waals surface area contributed by atoms with E-state index >= 15 is 0 Å². The zero-order chi connectivity index (χ0) is 13.2. The van der Waals surface area contributed by atoms with E-state index in [4.69, 9.17) is 5.11 Å². The van der Waals surface area contributed by atoms with Crippen LogP contribution in [0.25, 0.3) is 0 Å². The molecule has 0 radical (unpaired) electrons. The van der Waals surface area contributed by atoms with Crippen LogP contribution in [-0.4, -0.2) is 22.6 Å². The molecule has 1 saturated carbocycles. The van der Waals surface area contributed by atoms with Gasteiger partial charge >= 0.3 is 5.97 Å². The first-order valence-corrected chi connectivity index (χ1v) is 7.31. The van der Waals surface area contributed by atoms with Gasteiger partial charge in [-0.1, -0.05) is 12.8 Å². The van der Waals surface area contributed by atoms with Crippen molar-refractivity contribution in [1.82, 2.24) is 4.98 Å². The topological polar surface area (TPSA) is 62.2 Å². The number of aromatic nitrogens is 1. The van der Waals surface area contributed by atoms with E-state index in [0.717, 1.165) is 17.6 Å². The van der Waals surface area contributed by atoms with Crippen molar-refractivity contribution in [2.45, 2.75) is 44.9 Å². The van der Waals surface area contributed by atoms with Crippen molar-refractivity contribution in [3.05, 3.63) is 11.1 Å². The highest BCUT2D eigenvalue weighted by Gasteiger charge is 2.32. The Morgan fingerprint density at radius 1 is 1.56 bits per heavy atom. The Labute approximate surface area is 111 Å². The molecule has 1 aromatic heterocycles. The molecule has 100 valence electrons. The lowest BCUT2D eigenvalue weighted by atomic mass is 9.90. The molecule has 0 unspecified atom stereocenters.